The molecule has 2 nitrogen and oxygen atoms in total. The zero-order valence-corrected chi connectivity index (χ0v) is 12.2. The molecule has 2 rings (SSSR count). The monoisotopic (exact) mass is 272 g/mol. The van der Waals surface area contributed by atoms with E-state index < -0.39 is 0 Å². The third-order valence-corrected chi connectivity index (χ3v) is 3.68. The predicted octanol–water partition coefficient (Wildman–Crippen LogP) is 3.56. The van der Waals surface area contributed by atoms with Crippen LogP contribution in [-0.2, 0) is 6.42 Å². The fraction of sp³-hybridized carbons (Fsp3) is 0.294. The van der Waals surface area contributed by atoms with E-state index in [0.717, 1.165) is 23.1 Å². The minimum absolute atomic E-state index is 0.212. The Morgan fingerprint density at radius 3 is 2.50 bits per heavy atom. The van der Waals surface area contributed by atoms with E-state index >= 15 is 0 Å². The zero-order chi connectivity index (χ0) is 14.7. The van der Waals surface area contributed by atoms with Crippen LogP contribution in [0.3, 0.4) is 0 Å². The van der Waals surface area contributed by atoms with E-state index in [9.17, 15) is 4.39 Å². The Morgan fingerprint density at radius 2 is 1.90 bits per heavy atom. The average molecular weight is 272 g/mol. The van der Waals surface area contributed by atoms with Gasteiger partial charge in [-0.2, -0.15) is 0 Å². The van der Waals surface area contributed by atoms with E-state index in [1.54, 1.807) is 6.07 Å². The fourth-order valence-corrected chi connectivity index (χ4v) is 2.76. The van der Waals surface area contributed by atoms with Crippen molar-refractivity contribution in [1.29, 1.82) is 0 Å². The lowest BCUT2D eigenvalue weighted by atomic mass is 9.90. The number of hydrogen-bond donors (Lipinski definition) is 2. The van der Waals surface area contributed by atoms with Crippen LogP contribution in [0.1, 0.15) is 40.8 Å². The lowest BCUT2D eigenvalue weighted by molar-refractivity contribution is 0.554. The second-order valence-electron chi connectivity index (χ2n) is 5.13. The SMILES string of the molecule is CCc1ccccc1C(NN)c1c(C)cc(C)cc1F. The molecule has 106 valence electrons. The number of aryl methyl sites for hydroxylation is 3. The van der Waals surface area contributed by atoms with Crippen LogP contribution in [0.2, 0.25) is 0 Å². The molecule has 0 aliphatic carbocycles. The van der Waals surface area contributed by atoms with Crippen molar-refractivity contribution in [3.8, 4) is 0 Å². The molecule has 0 saturated heterocycles. The van der Waals surface area contributed by atoms with Gasteiger partial charge in [-0.15, -0.1) is 0 Å². The molecule has 0 amide bonds. The molecule has 1 unspecified atom stereocenters. The summed E-state index contributed by atoms with van der Waals surface area (Å²) in [6.45, 7) is 5.90. The number of nitrogens with one attached hydrogen (secondary N) is 1. The van der Waals surface area contributed by atoms with Crippen molar-refractivity contribution in [3.63, 3.8) is 0 Å². The molecule has 3 heteroatoms. The van der Waals surface area contributed by atoms with E-state index in [1.165, 1.54) is 5.56 Å². The summed E-state index contributed by atoms with van der Waals surface area (Å²) in [6.07, 6.45) is 0.890. The van der Waals surface area contributed by atoms with Gasteiger partial charge in [-0.25, -0.2) is 9.82 Å². The van der Waals surface area contributed by atoms with E-state index in [4.69, 9.17) is 5.84 Å². The smallest absolute Gasteiger partial charge is 0.128 e. The molecule has 0 spiro atoms. The molecular weight excluding hydrogens is 251 g/mol. The first-order valence-electron chi connectivity index (χ1n) is 6.89. The average Bonchev–Trinajstić information content (AvgIpc) is 2.42. The molecule has 0 bridgehead atoms. The van der Waals surface area contributed by atoms with Gasteiger partial charge in [-0.05, 0) is 48.6 Å². The highest BCUT2D eigenvalue weighted by Gasteiger charge is 2.21. The van der Waals surface area contributed by atoms with Crippen molar-refractivity contribution >= 4 is 0 Å². The zero-order valence-electron chi connectivity index (χ0n) is 12.2. The van der Waals surface area contributed by atoms with E-state index in [-0.39, 0.29) is 11.9 Å². The predicted molar refractivity (Wildman–Crippen MR) is 80.9 cm³/mol. The lowest BCUT2D eigenvalue weighted by Crippen LogP contribution is -2.31. The maximum Gasteiger partial charge on any atom is 0.128 e. The summed E-state index contributed by atoms with van der Waals surface area (Å²) in [4.78, 5) is 0. The van der Waals surface area contributed by atoms with Gasteiger partial charge < -0.3 is 0 Å². The van der Waals surface area contributed by atoms with Crippen LogP contribution in [0.25, 0.3) is 0 Å². The first kappa shape index (κ1) is 14.7. The molecule has 1 atom stereocenters. The standard InChI is InChI=1S/C17H21FN2/c1-4-13-7-5-6-8-14(13)17(20-19)16-12(3)9-11(2)10-15(16)18/h5-10,17,20H,4,19H2,1-3H3. The molecule has 0 aliphatic rings. The Labute approximate surface area is 119 Å². The van der Waals surface area contributed by atoms with Gasteiger partial charge in [0.25, 0.3) is 0 Å². The largest absolute Gasteiger partial charge is 0.271 e. The molecule has 0 saturated carbocycles. The Balaban J connectivity index is 2.59. The summed E-state index contributed by atoms with van der Waals surface area (Å²) in [7, 11) is 0. The van der Waals surface area contributed by atoms with Crippen LogP contribution >= 0.6 is 0 Å². The minimum atomic E-state index is -0.327. The lowest BCUT2D eigenvalue weighted by Gasteiger charge is -2.22. The van der Waals surface area contributed by atoms with Crippen molar-refractivity contribution in [3.05, 3.63) is 70.0 Å². The molecule has 0 aliphatic heterocycles. The first-order chi connectivity index (χ1) is 9.58. The van der Waals surface area contributed by atoms with Crippen LogP contribution in [0.4, 0.5) is 4.39 Å². The Kier molecular flexibility index (Phi) is 4.53. The third kappa shape index (κ3) is 2.74. The van der Waals surface area contributed by atoms with Crippen molar-refractivity contribution in [2.45, 2.75) is 33.2 Å². The van der Waals surface area contributed by atoms with Gasteiger partial charge in [-0.1, -0.05) is 37.3 Å². The topological polar surface area (TPSA) is 38.0 Å². The van der Waals surface area contributed by atoms with Crippen LogP contribution in [0.5, 0.6) is 0 Å². The van der Waals surface area contributed by atoms with Crippen molar-refractivity contribution in [2.75, 3.05) is 0 Å². The molecule has 0 radical (unpaired) electrons. The van der Waals surface area contributed by atoms with Crippen LogP contribution in [0.15, 0.2) is 36.4 Å². The van der Waals surface area contributed by atoms with Gasteiger partial charge in [0, 0.05) is 5.56 Å². The molecule has 0 heterocycles. The van der Waals surface area contributed by atoms with Crippen LogP contribution < -0.4 is 11.3 Å². The molecule has 0 aromatic heterocycles. The minimum Gasteiger partial charge on any atom is -0.271 e. The Morgan fingerprint density at radius 1 is 1.20 bits per heavy atom. The second-order valence-corrected chi connectivity index (χ2v) is 5.13. The number of nitrogens with two attached hydrogens (primary N) is 1. The first-order valence-corrected chi connectivity index (χ1v) is 6.89. The molecule has 2 aromatic rings. The van der Waals surface area contributed by atoms with Gasteiger partial charge >= 0.3 is 0 Å². The third-order valence-electron chi connectivity index (χ3n) is 3.68. The van der Waals surface area contributed by atoms with Crippen molar-refractivity contribution in [1.82, 2.24) is 5.43 Å². The van der Waals surface area contributed by atoms with Crippen LogP contribution in [-0.4, -0.2) is 0 Å². The second kappa shape index (κ2) is 6.16. The summed E-state index contributed by atoms with van der Waals surface area (Å²) >= 11 is 0. The number of rotatable bonds is 4. The number of halogens is 1. The maximum absolute atomic E-state index is 14.4. The number of benzene rings is 2. The molecule has 0 fully saturated rings. The van der Waals surface area contributed by atoms with Gasteiger partial charge in [0.1, 0.15) is 5.82 Å². The maximum atomic E-state index is 14.4. The summed E-state index contributed by atoms with van der Waals surface area (Å²) in [5, 5.41) is 0. The molecule has 3 N–H and O–H groups in total. The Bertz CT molecular complexity index is 585. The Hall–Kier alpha value is -1.71. The van der Waals surface area contributed by atoms with E-state index in [2.05, 4.69) is 18.4 Å². The van der Waals surface area contributed by atoms with Gasteiger partial charge in [-0.3, -0.25) is 5.84 Å². The highest BCUT2D eigenvalue weighted by Crippen LogP contribution is 2.30. The molecule has 20 heavy (non-hydrogen) atoms. The molecule has 2 aromatic carbocycles. The van der Waals surface area contributed by atoms with E-state index in [0.29, 0.717) is 5.56 Å². The van der Waals surface area contributed by atoms with Gasteiger partial charge in [0.2, 0.25) is 0 Å². The highest BCUT2D eigenvalue weighted by atomic mass is 19.1. The van der Waals surface area contributed by atoms with Crippen molar-refractivity contribution < 1.29 is 4.39 Å². The summed E-state index contributed by atoms with van der Waals surface area (Å²) < 4.78 is 14.4. The summed E-state index contributed by atoms with van der Waals surface area (Å²) in [6, 6.07) is 11.2. The van der Waals surface area contributed by atoms with Crippen molar-refractivity contribution in [2.24, 2.45) is 5.84 Å². The number of hydrogen-bond acceptors (Lipinski definition) is 2. The van der Waals surface area contributed by atoms with Gasteiger partial charge in [0.15, 0.2) is 0 Å². The quantitative estimate of drug-likeness (QED) is 0.659. The summed E-state index contributed by atoms with van der Waals surface area (Å²) in [5.74, 6) is 5.51. The van der Waals surface area contributed by atoms with E-state index in [1.807, 2.05) is 38.1 Å². The van der Waals surface area contributed by atoms with Crippen LogP contribution in [0, 0.1) is 19.7 Å². The number of hydrazine groups is 1. The summed E-state index contributed by atoms with van der Waals surface area (Å²) in [5.41, 5.74) is 7.43. The van der Waals surface area contributed by atoms with Gasteiger partial charge in [0.05, 0.1) is 6.04 Å². The fourth-order valence-electron chi connectivity index (χ4n) is 2.76. The molecular formula is C17H21FN2. The normalized spacial score (nSPS) is 12.4. The highest BCUT2D eigenvalue weighted by molar-refractivity contribution is 5.42.